The van der Waals surface area contributed by atoms with E-state index in [1.807, 2.05) is 0 Å². The van der Waals surface area contributed by atoms with Gasteiger partial charge in [-0.25, -0.2) is 0 Å². The van der Waals surface area contributed by atoms with Crippen LogP contribution in [-0.4, -0.2) is 22.2 Å². The van der Waals surface area contributed by atoms with Crippen molar-refractivity contribution in [2.45, 2.75) is 18.8 Å². The molecule has 0 aliphatic heterocycles. The Balaban J connectivity index is 2.81. The van der Waals surface area contributed by atoms with Gasteiger partial charge in [0.05, 0.1) is 5.92 Å². The van der Waals surface area contributed by atoms with Crippen LogP contribution < -0.4 is 0 Å². The number of aliphatic carboxylic acids is 2. The highest BCUT2D eigenvalue weighted by Crippen LogP contribution is 2.23. The fraction of sp³-hybridized carbons (Fsp3) is 0.273. The standard InChI is InChI=1S/C11H11ClO4/c12-8-3-1-7(2-4-8)9(11(15)16)5-6-10(13)14/h1-4,9H,5-6H2,(H,13,14)(H,15,16). The minimum absolute atomic E-state index is 0.0757. The Morgan fingerprint density at radius 3 is 2.19 bits per heavy atom. The number of carbonyl (C=O) groups is 2. The van der Waals surface area contributed by atoms with Gasteiger partial charge in [0.25, 0.3) is 0 Å². The molecule has 1 atom stereocenters. The molecule has 1 aromatic carbocycles. The molecule has 0 spiro atoms. The molecule has 16 heavy (non-hydrogen) atoms. The van der Waals surface area contributed by atoms with Crippen LogP contribution in [0.4, 0.5) is 0 Å². The van der Waals surface area contributed by atoms with Gasteiger partial charge in [-0.1, -0.05) is 23.7 Å². The van der Waals surface area contributed by atoms with Crippen LogP contribution in [0.2, 0.25) is 5.02 Å². The van der Waals surface area contributed by atoms with E-state index >= 15 is 0 Å². The summed E-state index contributed by atoms with van der Waals surface area (Å²) < 4.78 is 0. The van der Waals surface area contributed by atoms with Gasteiger partial charge in [-0.2, -0.15) is 0 Å². The average Bonchev–Trinajstić information content (AvgIpc) is 2.20. The second-order valence-electron chi connectivity index (χ2n) is 3.37. The second-order valence-corrected chi connectivity index (χ2v) is 3.81. The van der Waals surface area contributed by atoms with Crippen molar-refractivity contribution in [2.24, 2.45) is 0 Å². The lowest BCUT2D eigenvalue weighted by atomic mass is 9.94. The molecule has 0 saturated carbocycles. The first kappa shape index (κ1) is 12.5. The first-order valence-electron chi connectivity index (χ1n) is 4.70. The van der Waals surface area contributed by atoms with Crippen molar-refractivity contribution in [3.8, 4) is 0 Å². The van der Waals surface area contributed by atoms with E-state index in [4.69, 9.17) is 21.8 Å². The third kappa shape index (κ3) is 3.55. The topological polar surface area (TPSA) is 74.6 Å². The molecule has 0 aliphatic carbocycles. The second kappa shape index (κ2) is 5.51. The number of rotatable bonds is 5. The zero-order valence-electron chi connectivity index (χ0n) is 8.39. The number of benzene rings is 1. The Kier molecular flexibility index (Phi) is 4.31. The molecule has 4 nitrogen and oxygen atoms in total. The van der Waals surface area contributed by atoms with Crippen molar-refractivity contribution >= 4 is 23.5 Å². The molecule has 86 valence electrons. The van der Waals surface area contributed by atoms with E-state index in [9.17, 15) is 9.59 Å². The van der Waals surface area contributed by atoms with Gasteiger partial charge in [-0.3, -0.25) is 9.59 Å². The lowest BCUT2D eigenvalue weighted by Gasteiger charge is -2.11. The maximum atomic E-state index is 11.0. The summed E-state index contributed by atoms with van der Waals surface area (Å²) in [6, 6.07) is 6.38. The molecule has 0 fully saturated rings. The number of halogens is 1. The summed E-state index contributed by atoms with van der Waals surface area (Å²) in [4.78, 5) is 21.4. The lowest BCUT2D eigenvalue weighted by molar-refractivity contribution is -0.140. The molecule has 1 unspecified atom stereocenters. The predicted octanol–water partition coefficient (Wildman–Crippen LogP) is 2.37. The van der Waals surface area contributed by atoms with E-state index in [1.54, 1.807) is 24.3 Å². The number of carboxylic acid groups (broad SMARTS) is 2. The largest absolute Gasteiger partial charge is 0.481 e. The molecule has 0 aromatic heterocycles. The Labute approximate surface area is 97.5 Å². The van der Waals surface area contributed by atoms with E-state index in [2.05, 4.69) is 0 Å². The first-order valence-corrected chi connectivity index (χ1v) is 5.08. The third-order valence-electron chi connectivity index (χ3n) is 2.22. The molecule has 0 radical (unpaired) electrons. The summed E-state index contributed by atoms with van der Waals surface area (Å²) in [6.45, 7) is 0. The van der Waals surface area contributed by atoms with Crippen LogP contribution in [0.15, 0.2) is 24.3 Å². The molecule has 1 rings (SSSR count). The summed E-state index contributed by atoms with van der Waals surface area (Å²) in [5.74, 6) is -2.82. The van der Waals surface area contributed by atoms with Crippen molar-refractivity contribution in [3.63, 3.8) is 0 Å². The van der Waals surface area contributed by atoms with Gasteiger partial charge in [0.1, 0.15) is 0 Å². The molecule has 0 heterocycles. The van der Waals surface area contributed by atoms with Crippen LogP contribution in [-0.2, 0) is 9.59 Å². The molecular formula is C11H11ClO4. The molecule has 2 N–H and O–H groups in total. The van der Waals surface area contributed by atoms with E-state index in [-0.39, 0.29) is 12.8 Å². The zero-order valence-corrected chi connectivity index (χ0v) is 9.15. The molecule has 0 bridgehead atoms. The SMILES string of the molecule is O=C(O)CCC(C(=O)O)c1ccc(Cl)cc1. The van der Waals surface area contributed by atoms with Crippen LogP contribution in [0.5, 0.6) is 0 Å². The Morgan fingerprint density at radius 1 is 1.19 bits per heavy atom. The van der Waals surface area contributed by atoms with Gasteiger partial charge in [-0.15, -0.1) is 0 Å². The Morgan fingerprint density at radius 2 is 1.75 bits per heavy atom. The van der Waals surface area contributed by atoms with Gasteiger partial charge in [0.2, 0.25) is 0 Å². The summed E-state index contributed by atoms with van der Waals surface area (Å²) in [7, 11) is 0. The average molecular weight is 243 g/mol. The summed E-state index contributed by atoms with van der Waals surface area (Å²) in [5.41, 5.74) is 0.568. The fourth-order valence-corrected chi connectivity index (χ4v) is 1.52. The zero-order chi connectivity index (χ0) is 12.1. The molecule has 0 amide bonds. The molecule has 1 aromatic rings. The highest BCUT2D eigenvalue weighted by Gasteiger charge is 2.20. The van der Waals surface area contributed by atoms with Gasteiger partial charge in [0.15, 0.2) is 0 Å². The summed E-state index contributed by atoms with van der Waals surface area (Å²) in [5, 5.41) is 18.0. The highest BCUT2D eigenvalue weighted by atomic mass is 35.5. The monoisotopic (exact) mass is 242 g/mol. The van der Waals surface area contributed by atoms with E-state index in [0.29, 0.717) is 10.6 Å². The normalized spacial score (nSPS) is 12.1. The predicted molar refractivity (Wildman–Crippen MR) is 58.7 cm³/mol. The summed E-state index contributed by atoms with van der Waals surface area (Å²) >= 11 is 5.68. The van der Waals surface area contributed by atoms with Crippen LogP contribution in [0.1, 0.15) is 24.3 Å². The molecule has 0 saturated heterocycles. The Hall–Kier alpha value is -1.55. The molecular weight excluding hydrogens is 232 g/mol. The van der Waals surface area contributed by atoms with Crippen LogP contribution >= 0.6 is 11.6 Å². The quantitative estimate of drug-likeness (QED) is 0.831. The minimum Gasteiger partial charge on any atom is -0.481 e. The number of hydrogen-bond acceptors (Lipinski definition) is 2. The maximum absolute atomic E-state index is 11.0. The van der Waals surface area contributed by atoms with Gasteiger partial charge in [0, 0.05) is 11.4 Å². The summed E-state index contributed by atoms with van der Waals surface area (Å²) in [6.07, 6.45) is -0.0914. The van der Waals surface area contributed by atoms with Gasteiger partial charge < -0.3 is 10.2 Å². The smallest absolute Gasteiger partial charge is 0.310 e. The van der Waals surface area contributed by atoms with Crippen molar-refractivity contribution in [2.75, 3.05) is 0 Å². The fourth-order valence-electron chi connectivity index (χ4n) is 1.40. The van der Waals surface area contributed by atoms with E-state index in [0.717, 1.165) is 0 Å². The third-order valence-corrected chi connectivity index (χ3v) is 2.47. The first-order chi connectivity index (χ1) is 7.50. The molecule has 0 aliphatic rings. The lowest BCUT2D eigenvalue weighted by Crippen LogP contribution is -2.13. The number of carboxylic acids is 2. The van der Waals surface area contributed by atoms with Gasteiger partial charge >= 0.3 is 11.9 Å². The van der Waals surface area contributed by atoms with Crippen molar-refractivity contribution in [1.29, 1.82) is 0 Å². The van der Waals surface area contributed by atoms with Crippen molar-refractivity contribution in [3.05, 3.63) is 34.9 Å². The molecule has 5 heteroatoms. The Bertz CT molecular complexity index is 385. The van der Waals surface area contributed by atoms with Crippen molar-refractivity contribution in [1.82, 2.24) is 0 Å². The van der Waals surface area contributed by atoms with Crippen LogP contribution in [0.25, 0.3) is 0 Å². The van der Waals surface area contributed by atoms with Crippen LogP contribution in [0.3, 0.4) is 0 Å². The van der Waals surface area contributed by atoms with E-state index in [1.165, 1.54) is 0 Å². The van der Waals surface area contributed by atoms with Crippen LogP contribution in [0, 0.1) is 0 Å². The minimum atomic E-state index is -1.02. The van der Waals surface area contributed by atoms with Crippen molar-refractivity contribution < 1.29 is 19.8 Å². The highest BCUT2D eigenvalue weighted by molar-refractivity contribution is 6.30. The van der Waals surface area contributed by atoms with Gasteiger partial charge in [-0.05, 0) is 24.1 Å². The van der Waals surface area contributed by atoms with E-state index < -0.39 is 17.9 Å². The maximum Gasteiger partial charge on any atom is 0.310 e. The number of hydrogen-bond donors (Lipinski definition) is 2.